The average molecular weight is 169 g/mol. The summed E-state index contributed by atoms with van der Waals surface area (Å²) in [5.41, 5.74) is 1.16. The summed E-state index contributed by atoms with van der Waals surface area (Å²) in [6.07, 6.45) is -0.590. The molecule has 3 heteroatoms. The van der Waals surface area contributed by atoms with Gasteiger partial charge in [0.25, 0.3) is 0 Å². The van der Waals surface area contributed by atoms with Crippen molar-refractivity contribution in [1.82, 2.24) is 0 Å². The largest absolute Gasteiger partial charge is 0.385 e. The number of fused-ring (bicyclic) bond motifs is 1. The first-order chi connectivity index (χ1) is 5.77. The molecule has 0 saturated heterocycles. The number of alkyl halides is 1. The summed E-state index contributed by atoms with van der Waals surface area (Å²) < 4.78 is 25.8. The van der Waals surface area contributed by atoms with Crippen molar-refractivity contribution in [3.8, 4) is 0 Å². The molecule has 1 unspecified atom stereocenters. The SMILES string of the molecule is Fc1ccc2c(c1)C(F)CCN2. The molecule has 0 radical (unpaired) electrons. The van der Waals surface area contributed by atoms with Crippen LogP contribution in [-0.2, 0) is 0 Å². The van der Waals surface area contributed by atoms with Crippen LogP contribution in [0.1, 0.15) is 18.2 Å². The quantitative estimate of drug-likeness (QED) is 0.629. The Morgan fingerprint density at radius 1 is 1.42 bits per heavy atom. The van der Waals surface area contributed by atoms with E-state index in [9.17, 15) is 8.78 Å². The van der Waals surface area contributed by atoms with Crippen LogP contribution in [0.2, 0.25) is 0 Å². The Balaban J connectivity index is 2.47. The van der Waals surface area contributed by atoms with Crippen molar-refractivity contribution in [2.75, 3.05) is 11.9 Å². The lowest BCUT2D eigenvalue weighted by atomic mass is 10.0. The molecule has 1 aromatic rings. The van der Waals surface area contributed by atoms with Crippen LogP contribution < -0.4 is 5.32 Å². The standard InChI is InChI=1S/C9H9F2N/c10-6-1-2-9-7(5-6)8(11)3-4-12-9/h1-2,5,8,12H,3-4H2. The van der Waals surface area contributed by atoms with Crippen molar-refractivity contribution >= 4 is 5.69 Å². The smallest absolute Gasteiger partial charge is 0.129 e. The van der Waals surface area contributed by atoms with Gasteiger partial charge < -0.3 is 5.32 Å². The van der Waals surface area contributed by atoms with Crippen molar-refractivity contribution in [3.63, 3.8) is 0 Å². The molecule has 1 N–H and O–H groups in total. The van der Waals surface area contributed by atoms with Crippen LogP contribution in [0.15, 0.2) is 18.2 Å². The highest BCUT2D eigenvalue weighted by atomic mass is 19.1. The Labute approximate surface area is 69.4 Å². The average Bonchev–Trinajstić information content (AvgIpc) is 2.07. The van der Waals surface area contributed by atoms with E-state index in [1.165, 1.54) is 12.1 Å². The highest BCUT2D eigenvalue weighted by Crippen LogP contribution is 2.32. The van der Waals surface area contributed by atoms with E-state index in [-0.39, 0.29) is 5.82 Å². The third kappa shape index (κ3) is 1.15. The lowest BCUT2D eigenvalue weighted by Crippen LogP contribution is -2.14. The summed E-state index contributed by atoms with van der Waals surface area (Å²) >= 11 is 0. The second-order valence-electron chi connectivity index (χ2n) is 2.91. The molecule has 12 heavy (non-hydrogen) atoms. The van der Waals surface area contributed by atoms with Gasteiger partial charge in [0, 0.05) is 24.2 Å². The summed E-state index contributed by atoms with van der Waals surface area (Å²) in [5.74, 6) is -0.375. The van der Waals surface area contributed by atoms with E-state index in [0.717, 1.165) is 5.69 Å². The molecule has 2 rings (SSSR count). The normalized spacial score (nSPS) is 21.3. The summed E-state index contributed by atoms with van der Waals surface area (Å²) in [7, 11) is 0. The number of benzene rings is 1. The molecule has 1 atom stereocenters. The number of anilines is 1. The monoisotopic (exact) mass is 169 g/mol. The summed E-state index contributed by atoms with van der Waals surface area (Å²) in [5, 5.41) is 3.01. The third-order valence-electron chi connectivity index (χ3n) is 2.06. The lowest BCUT2D eigenvalue weighted by molar-refractivity contribution is 0.323. The number of rotatable bonds is 0. The van der Waals surface area contributed by atoms with Crippen LogP contribution in [0.25, 0.3) is 0 Å². The van der Waals surface area contributed by atoms with E-state index >= 15 is 0 Å². The van der Waals surface area contributed by atoms with E-state index in [4.69, 9.17) is 0 Å². The predicted octanol–water partition coefficient (Wildman–Crippen LogP) is 2.65. The van der Waals surface area contributed by atoms with Crippen molar-refractivity contribution in [3.05, 3.63) is 29.6 Å². The van der Waals surface area contributed by atoms with Crippen molar-refractivity contribution in [1.29, 1.82) is 0 Å². The fourth-order valence-electron chi connectivity index (χ4n) is 1.44. The van der Waals surface area contributed by atoms with E-state index in [1.54, 1.807) is 6.07 Å². The Morgan fingerprint density at radius 2 is 2.25 bits per heavy atom. The fraction of sp³-hybridized carbons (Fsp3) is 0.333. The third-order valence-corrected chi connectivity index (χ3v) is 2.06. The summed E-state index contributed by atoms with van der Waals surface area (Å²) in [6, 6.07) is 4.17. The predicted molar refractivity (Wildman–Crippen MR) is 43.4 cm³/mol. The first kappa shape index (κ1) is 7.53. The molecule has 0 spiro atoms. The molecule has 0 aliphatic carbocycles. The molecular weight excluding hydrogens is 160 g/mol. The van der Waals surface area contributed by atoms with Gasteiger partial charge in [0.15, 0.2) is 0 Å². The van der Waals surface area contributed by atoms with E-state index in [1.807, 2.05) is 0 Å². The van der Waals surface area contributed by atoms with Crippen molar-refractivity contribution in [2.24, 2.45) is 0 Å². The molecular formula is C9H9F2N. The second-order valence-corrected chi connectivity index (χ2v) is 2.91. The van der Waals surface area contributed by atoms with E-state index < -0.39 is 6.17 Å². The molecule has 0 aromatic heterocycles. The maximum absolute atomic E-state index is 13.1. The van der Waals surface area contributed by atoms with Crippen LogP contribution in [0.4, 0.5) is 14.5 Å². The van der Waals surface area contributed by atoms with Gasteiger partial charge in [-0.25, -0.2) is 8.78 Å². The van der Waals surface area contributed by atoms with Crippen LogP contribution >= 0.6 is 0 Å². The number of hydrogen-bond donors (Lipinski definition) is 1. The van der Waals surface area contributed by atoms with Gasteiger partial charge in [0.05, 0.1) is 0 Å². The topological polar surface area (TPSA) is 12.0 Å². The van der Waals surface area contributed by atoms with Gasteiger partial charge in [0.2, 0.25) is 0 Å². The number of nitrogens with one attached hydrogen (secondary N) is 1. The molecule has 0 amide bonds. The Hall–Kier alpha value is -1.12. The van der Waals surface area contributed by atoms with Crippen LogP contribution in [0.5, 0.6) is 0 Å². The lowest BCUT2D eigenvalue weighted by Gasteiger charge is -2.20. The molecule has 1 nitrogen and oxygen atoms in total. The van der Waals surface area contributed by atoms with Gasteiger partial charge in [-0.1, -0.05) is 0 Å². The zero-order valence-corrected chi connectivity index (χ0v) is 6.48. The first-order valence-corrected chi connectivity index (χ1v) is 3.95. The molecule has 0 fully saturated rings. The Morgan fingerprint density at radius 3 is 3.08 bits per heavy atom. The van der Waals surface area contributed by atoms with Crippen molar-refractivity contribution in [2.45, 2.75) is 12.6 Å². The Bertz CT molecular complexity index is 299. The zero-order chi connectivity index (χ0) is 8.55. The zero-order valence-electron chi connectivity index (χ0n) is 6.48. The Kier molecular flexibility index (Phi) is 1.71. The molecule has 64 valence electrons. The van der Waals surface area contributed by atoms with Crippen LogP contribution in [-0.4, -0.2) is 6.54 Å². The molecule has 1 aliphatic heterocycles. The number of halogens is 2. The van der Waals surface area contributed by atoms with Crippen LogP contribution in [0.3, 0.4) is 0 Å². The first-order valence-electron chi connectivity index (χ1n) is 3.95. The van der Waals surface area contributed by atoms with Gasteiger partial charge in [-0.2, -0.15) is 0 Å². The van der Waals surface area contributed by atoms with E-state index in [0.29, 0.717) is 18.5 Å². The summed E-state index contributed by atoms with van der Waals surface area (Å²) in [4.78, 5) is 0. The minimum absolute atomic E-state index is 0.375. The van der Waals surface area contributed by atoms with Gasteiger partial charge in [-0.05, 0) is 18.2 Å². The minimum Gasteiger partial charge on any atom is -0.385 e. The fourth-order valence-corrected chi connectivity index (χ4v) is 1.44. The van der Waals surface area contributed by atoms with E-state index in [2.05, 4.69) is 5.32 Å². The number of hydrogen-bond acceptors (Lipinski definition) is 1. The minimum atomic E-state index is -1.02. The molecule has 1 aromatic carbocycles. The van der Waals surface area contributed by atoms with Gasteiger partial charge in [-0.15, -0.1) is 0 Å². The van der Waals surface area contributed by atoms with Gasteiger partial charge >= 0.3 is 0 Å². The van der Waals surface area contributed by atoms with Gasteiger partial charge in [-0.3, -0.25) is 0 Å². The highest BCUT2D eigenvalue weighted by Gasteiger charge is 2.19. The van der Waals surface area contributed by atoms with Gasteiger partial charge in [0.1, 0.15) is 12.0 Å². The van der Waals surface area contributed by atoms with Crippen LogP contribution in [0, 0.1) is 5.82 Å². The molecule has 1 heterocycles. The molecule has 0 saturated carbocycles. The molecule has 1 aliphatic rings. The molecule has 0 bridgehead atoms. The van der Waals surface area contributed by atoms with Crippen molar-refractivity contribution < 1.29 is 8.78 Å². The second kappa shape index (κ2) is 2.73. The maximum atomic E-state index is 13.1. The summed E-state index contributed by atoms with van der Waals surface area (Å²) in [6.45, 7) is 0.625. The highest BCUT2D eigenvalue weighted by molar-refractivity contribution is 5.54. The maximum Gasteiger partial charge on any atom is 0.129 e.